The van der Waals surface area contributed by atoms with Crippen LogP contribution in [0.1, 0.15) is 73.0 Å². The molecule has 0 saturated heterocycles. The molecule has 2 fully saturated rings. The van der Waals surface area contributed by atoms with Crippen LogP contribution in [0.4, 0.5) is 6.01 Å². The Labute approximate surface area is 248 Å². The zero-order chi connectivity index (χ0) is 28.8. The van der Waals surface area contributed by atoms with Gasteiger partial charge in [-0.3, -0.25) is 14.5 Å². The van der Waals surface area contributed by atoms with E-state index in [1.807, 2.05) is 77.9 Å². The highest BCUT2D eigenvalue weighted by molar-refractivity contribution is 6.16. The molecular weight excluding hydrogens is 540 g/mol. The summed E-state index contributed by atoms with van der Waals surface area (Å²) in [5.41, 5.74) is 5.77. The number of ketones is 1. The lowest BCUT2D eigenvalue weighted by Gasteiger charge is -2.11. The molecule has 1 aliphatic heterocycles. The van der Waals surface area contributed by atoms with E-state index in [9.17, 15) is 4.79 Å². The number of aromatic nitrogens is 6. The van der Waals surface area contributed by atoms with Crippen LogP contribution in [0.25, 0.3) is 22.7 Å². The minimum absolute atomic E-state index is 0.0826. The van der Waals surface area contributed by atoms with Crippen LogP contribution < -0.4 is 5.32 Å². The van der Waals surface area contributed by atoms with E-state index in [0.29, 0.717) is 29.1 Å². The van der Waals surface area contributed by atoms with Crippen molar-refractivity contribution >= 4 is 17.5 Å². The molecule has 2 aromatic carbocycles. The first kappa shape index (κ1) is 25.7. The van der Waals surface area contributed by atoms with Crippen LogP contribution in [0.3, 0.4) is 0 Å². The number of anilines is 1. The SMILES string of the molecule is O=C1Cc2ccccc2C(c2ccccc2)=N[C@@H]1Nc1nnc(-c2cn(C3CCCC3)nc2-c2cnc(C3CC3)nc2)o1. The minimum Gasteiger partial charge on any atom is -0.403 e. The highest BCUT2D eigenvalue weighted by Crippen LogP contribution is 2.39. The summed E-state index contributed by atoms with van der Waals surface area (Å²) < 4.78 is 8.16. The number of aliphatic imine (C=N–C) groups is 1. The summed E-state index contributed by atoms with van der Waals surface area (Å²) in [7, 11) is 0. The lowest BCUT2D eigenvalue weighted by atomic mass is 9.96. The molecule has 10 heteroatoms. The molecule has 8 rings (SSSR count). The van der Waals surface area contributed by atoms with Crippen molar-refractivity contribution in [3.63, 3.8) is 0 Å². The largest absolute Gasteiger partial charge is 0.403 e. The van der Waals surface area contributed by atoms with Gasteiger partial charge in [0.15, 0.2) is 11.9 Å². The topological polar surface area (TPSA) is 124 Å². The molecule has 4 heterocycles. The molecule has 5 aromatic rings. The van der Waals surface area contributed by atoms with E-state index in [1.165, 1.54) is 12.8 Å². The Morgan fingerprint density at radius 1 is 0.837 bits per heavy atom. The third-order valence-corrected chi connectivity index (χ3v) is 8.48. The van der Waals surface area contributed by atoms with Crippen LogP contribution in [0.15, 0.2) is 82.6 Å². The van der Waals surface area contributed by atoms with Gasteiger partial charge in [0, 0.05) is 47.6 Å². The first-order chi connectivity index (χ1) is 21.2. The summed E-state index contributed by atoms with van der Waals surface area (Å²) in [5, 5.41) is 16.7. The molecule has 3 aliphatic rings. The van der Waals surface area contributed by atoms with Gasteiger partial charge in [0.2, 0.25) is 0 Å². The van der Waals surface area contributed by atoms with Gasteiger partial charge in [-0.2, -0.15) is 5.10 Å². The van der Waals surface area contributed by atoms with Gasteiger partial charge in [-0.05, 0) is 31.2 Å². The summed E-state index contributed by atoms with van der Waals surface area (Å²) >= 11 is 0. The molecule has 0 unspecified atom stereocenters. The number of Topliss-reactive ketones (excluding diaryl/α,β-unsaturated/α-hetero) is 1. The number of nitrogens with zero attached hydrogens (tertiary/aromatic N) is 7. The summed E-state index contributed by atoms with van der Waals surface area (Å²) in [6, 6.07) is 18.2. The Morgan fingerprint density at radius 2 is 1.60 bits per heavy atom. The minimum atomic E-state index is -0.889. The molecule has 1 atom stereocenters. The summed E-state index contributed by atoms with van der Waals surface area (Å²) in [4.78, 5) is 27.5. The van der Waals surface area contributed by atoms with E-state index in [0.717, 1.165) is 59.5 Å². The van der Waals surface area contributed by atoms with Crippen molar-refractivity contribution in [2.45, 2.75) is 63.1 Å². The van der Waals surface area contributed by atoms with Gasteiger partial charge in [0.05, 0.1) is 17.3 Å². The zero-order valence-corrected chi connectivity index (χ0v) is 23.6. The maximum Gasteiger partial charge on any atom is 0.317 e. The molecule has 1 N–H and O–H groups in total. The van der Waals surface area contributed by atoms with Crippen LogP contribution in [-0.4, -0.2) is 47.6 Å². The number of carbonyl (C=O) groups is 1. The first-order valence-corrected chi connectivity index (χ1v) is 15.0. The quantitative estimate of drug-likeness (QED) is 0.261. The van der Waals surface area contributed by atoms with Crippen molar-refractivity contribution in [2.75, 3.05) is 5.32 Å². The lowest BCUT2D eigenvalue weighted by Crippen LogP contribution is -2.29. The fourth-order valence-corrected chi connectivity index (χ4v) is 6.04. The monoisotopic (exact) mass is 570 g/mol. The Morgan fingerprint density at radius 3 is 2.40 bits per heavy atom. The van der Waals surface area contributed by atoms with Gasteiger partial charge < -0.3 is 9.73 Å². The average Bonchev–Trinajstić information content (AvgIpc) is 3.39. The van der Waals surface area contributed by atoms with Crippen LogP contribution in [0, 0.1) is 0 Å². The summed E-state index contributed by atoms with van der Waals surface area (Å²) in [5.74, 6) is 1.58. The van der Waals surface area contributed by atoms with E-state index in [4.69, 9.17) is 14.5 Å². The normalized spacial score (nSPS) is 18.7. The third kappa shape index (κ3) is 5.03. The van der Waals surface area contributed by atoms with Crippen molar-refractivity contribution < 1.29 is 9.21 Å². The molecule has 2 saturated carbocycles. The van der Waals surface area contributed by atoms with Crippen molar-refractivity contribution in [3.8, 4) is 22.7 Å². The van der Waals surface area contributed by atoms with Gasteiger partial charge >= 0.3 is 6.01 Å². The molecule has 3 aromatic heterocycles. The van der Waals surface area contributed by atoms with Crippen molar-refractivity contribution in [1.29, 1.82) is 0 Å². The van der Waals surface area contributed by atoms with E-state index < -0.39 is 6.17 Å². The second-order valence-corrected chi connectivity index (χ2v) is 11.5. The number of hydrogen-bond donors (Lipinski definition) is 1. The Balaban J connectivity index is 1.13. The first-order valence-electron chi connectivity index (χ1n) is 15.0. The van der Waals surface area contributed by atoms with Gasteiger partial charge in [-0.25, -0.2) is 9.97 Å². The van der Waals surface area contributed by atoms with Gasteiger partial charge in [0.1, 0.15) is 11.5 Å². The maximum absolute atomic E-state index is 13.4. The number of benzene rings is 2. The van der Waals surface area contributed by atoms with Crippen molar-refractivity contribution in [2.24, 2.45) is 4.99 Å². The molecule has 0 amide bonds. The number of hydrogen-bond acceptors (Lipinski definition) is 9. The van der Waals surface area contributed by atoms with Gasteiger partial charge in [-0.15, -0.1) is 5.10 Å². The fourth-order valence-electron chi connectivity index (χ4n) is 6.04. The Kier molecular flexibility index (Phi) is 6.39. The molecular formula is C33H30N8O2. The van der Waals surface area contributed by atoms with E-state index in [1.54, 1.807) is 0 Å². The smallest absolute Gasteiger partial charge is 0.317 e. The summed E-state index contributed by atoms with van der Waals surface area (Å²) in [6.07, 6.45) is 11.8. The maximum atomic E-state index is 13.4. The number of rotatable bonds is 7. The van der Waals surface area contributed by atoms with E-state index in [2.05, 4.69) is 25.5 Å². The van der Waals surface area contributed by atoms with Crippen LogP contribution >= 0.6 is 0 Å². The molecule has 43 heavy (non-hydrogen) atoms. The molecule has 2 aliphatic carbocycles. The van der Waals surface area contributed by atoms with Gasteiger partial charge in [-0.1, -0.05) is 72.5 Å². The summed E-state index contributed by atoms with van der Waals surface area (Å²) in [6.45, 7) is 0. The number of nitrogens with one attached hydrogen (secondary N) is 1. The zero-order valence-electron chi connectivity index (χ0n) is 23.6. The average molecular weight is 571 g/mol. The van der Waals surface area contributed by atoms with Crippen LogP contribution in [-0.2, 0) is 11.2 Å². The predicted molar refractivity (Wildman–Crippen MR) is 161 cm³/mol. The molecule has 0 spiro atoms. The highest BCUT2D eigenvalue weighted by atomic mass is 16.4. The third-order valence-electron chi connectivity index (χ3n) is 8.48. The molecule has 10 nitrogen and oxygen atoms in total. The molecule has 214 valence electrons. The number of carbonyl (C=O) groups excluding carboxylic acids is 1. The Hall–Kier alpha value is -4.99. The van der Waals surface area contributed by atoms with E-state index >= 15 is 0 Å². The second kappa shape index (κ2) is 10.7. The van der Waals surface area contributed by atoms with Crippen LogP contribution in [0.5, 0.6) is 0 Å². The van der Waals surface area contributed by atoms with Crippen molar-refractivity contribution in [1.82, 2.24) is 29.9 Å². The predicted octanol–water partition coefficient (Wildman–Crippen LogP) is 5.78. The second-order valence-electron chi connectivity index (χ2n) is 11.5. The fraction of sp³-hybridized carbons (Fsp3) is 0.303. The highest BCUT2D eigenvalue weighted by Gasteiger charge is 2.30. The van der Waals surface area contributed by atoms with E-state index in [-0.39, 0.29) is 18.2 Å². The number of fused-ring (bicyclic) bond motifs is 1. The standard InChI is InChI=1S/C33H30N8O2/c42-27-16-22-10-4-7-13-25(22)28(20-8-2-1-3-9-20)36-31(27)37-33-39-38-32(43-33)26-19-41(24-11-5-6-12-24)40-29(26)23-17-34-30(35-18-23)21-14-15-21/h1-4,7-10,13,17-19,21,24,31H,5-6,11-12,14-16H2,(H,37,39)/t31-/m1/s1. The Bertz CT molecular complexity index is 1820. The lowest BCUT2D eigenvalue weighted by molar-refractivity contribution is -0.119. The van der Waals surface area contributed by atoms with Crippen molar-refractivity contribution in [3.05, 3.63) is 95.7 Å². The van der Waals surface area contributed by atoms with Gasteiger partial charge in [0.25, 0.3) is 5.89 Å². The van der Waals surface area contributed by atoms with Crippen LogP contribution in [0.2, 0.25) is 0 Å². The molecule has 0 bridgehead atoms. The molecule has 0 radical (unpaired) electrons.